The molecule has 1 saturated heterocycles. The predicted octanol–water partition coefficient (Wildman–Crippen LogP) is -1.06. The van der Waals surface area contributed by atoms with Crippen LogP contribution in [0.15, 0.2) is 4.99 Å². The highest BCUT2D eigenvalue weighted by Gasteiger charge is 2.31. The van der Waals surface area contributed by atoms with Crippen LogP contribution in [0.2, 0.25) is 0 Å². The summed E-state index contributed by atoms with van der Waals surface area (Å²) in [5, 5.41) is 17.7. The molecule has 6 heteroatoms. The molecule has 0 bridgehead atoms. The van der Waals surface area contributed by atoms with Gasteiger partial charge in [0.25, 0.3) is 0 Å². The molecule has 13 heavy (non-hydrogen) atoms. The summed E-state index contributed by atoms with van der Waals surface area (Å²) in [7, 11) is 3.09. The summed E-state index contributed by atoms with van der Waals surface area (Å²) in [6.45, 7) is 0. The lowest BCUT2D eigenvalue weighted by Crippen LogP contribution is -2.54. The SMILES string of the molecule is CN1C(=O)CC(O)N(C)C1=NC#N. The summed E-state index contributed by atoms with van der Waals surface area (Å²) in [6, 6.07) is 0. The lowest BCUT2D eigenvalue weighted by molar-refractivity contribution is -0.134. The maximum Gasteiger partial charge on any atom is 0.233 e. The molecule has 1 amide bonds. The third-order valence-corrected chi connectivity index (χ3v) is 1.94. The molecule has 6 nitrogen and oxygen atoms in total. The van der Waals surface area contributed by atoms with Crippen molar-refractivity contribution in [2.75, 3.05) is 14.1 Å². The van der Waals surface area contributed by atoms with Crippen LogP contribution in [0, 0.1) is 11.5 Å². The number of aliphatic hydroxyl groups excluding tert-OH is 1. The first-order chi connectivity index (χ1) is 6.07. The van der Waals surface area contributed by atoms with Crippen LogP contribution in [0.4, 0.5) is 0 Å². The highest BCUT2D eigenvalue weighted by atomic mass is 16.3. The van der Waals surface area contributed by atoms with E-state index in [0.29, 0.717) is 0 Å². The van der Waals surface area contributed by atoms with Crippen LogP contribution in [0.1, 0.15) is 6.42 Å². The van der Waals surface area contributed by atoms with Crippen LogP contribution in [0.25, 0.3) is 0 Å². The Balaban J connectivity index is 2.97. The Morgan fingerprint density at radius 1 is 1.69 bits per heavy atom. The van der Waals surface area contributed by atoms with Gasteiger partial charge < -0.3 is 10.0 Å². The number of aliphatic imine (C=N–C) groups is 1. The van der Waals surface area contributed by atoms with Crippen molar-refractivity contribution in [3.63, 3.8) is 0 Å². The van der Waals surface area contributed by atoms with Crippen molar-refractivity contribution >= 4 is 11.9 Å². The molecule has 0 aromatic carbocycles. The average Bonchev–Trinajstić information content (AvgIpc) is 2.09. The number of rotatable bonds is 0. The summed E-state index contributed by atoms with van der Waals surface area (Å²) >= 11 is 0. The molecule has 1 fully saturated rings. The average molecular weight is 182 g/mol. The Kier molecular flexibility index (Phi) is 2.49. The second kappa shape index (κ2) is 3.41. The van der Waals surface area contributed by atoms with Gasteiger partial charge in [0, 0.05) is 14.1 Å². The van der Waals surface area contributed by atoms with E-state index in [1.165, 1.54) is 16.8 Å². The van der Waals surface area contributed by atoms with E-state index >= 15 is 0 Å². The summed E-state index contributed by atoms with van der Waals surface area (Å²) in [5.41, 5.74) is 0. The van der Waals surface area contributed by atoms with Crippen molar-refractivity contribution in [3.8, 4) is 6.19 Å². The minimum Gasteiger partial charge on any atom is -0.373 e. The number of carbonyl (C=O) groups excluding carboxylic acids is 1. The minimum absolute atomic E-state index is 0.0252. The smallest absolute Gasteiger partial charge is 0.233 e. The van der Waals surface area contributed by atoms with E-state index in [1.807, 2.05) is 0 Å². The molecule has 1 heterocycles. The highest BCUT2D eigenvalue weighted by molar-refractivity contribution is 5.99. The van der Waals surface area contributed by atoms with Gasteiger partial charge in [-0.2, -0.15) is 5.26 Å². The van der Waals surface area contributed by atoms with Gasteiger partial charge in [-0.25, -0.2) is 0 Å². The maximum absolute atomic E-state index is 11.2. The van der Waals surface area contributed by atoms with E-state index < -0.39 is 6.23 Å². The lowest BCUT2D eigenvalue weighted by Gasteiger charge is -2.35. The van der Waals surface area contributed by atoms with Crippen molar-refractivity contribution in [1.29, 1.82) is 5.26 Å². The molecule has 0 aliphatic carbocycles. The number of nitrogens with zero attached hydrogens (tertiary/aromatic N) is 4. The zero-order chi connectivity index (χ0) is 10.0. The van der Waals surface area contributed by atoms with Gasteiger partial charge in [-0.05, 0) is 0 Å². The van der Waals surface area contributed by atoms with Gasteiger partial charge in [-0.15, -0.1) is 4.99 Å². The van der Waals surface area contributed by atoms with E-state index in [2.05, 4.69) is 4.99 Å². The molecule has 70 valence electrons. The summed E-state index contributed by atoms with van der Waals surface area (Å²) < 4.78 is 0. The van der Waals surface area contributed by atoms with Gasteiger partial charge in [0.2, 0.25) is 18.1 Å². The number of amides is 1. The number of carbonyl (C=O) groups is 1. The van der Waals surface area contributed by atoms with Gasteiger partial charge in [0.1, 0.15) is 6.23 Å². The molecule has 0 aromatic heterocycles. The number of guanidine groups is 1. The Bertz CT molecular complexity index is 293. The van der Waals surface area contributed by atoms with E-state index in [1.54, 1.807) is 13.2 Å². The molecular formula is C7H10N4O2. The van der Waals surface area contributed by atoms with Crippen molar-refractivity contribution in [2.24, 2.45) is 4.99 Å². The molecule has 1 aliphatic heterocycles. The van der Waals surface area contributed by atoms with Gasteiger partial charge in [-0.3, -0.25) is 9.69 Å². The second-order valence-corrected chi connectivity index (χ2v) is 2.76. The summed E-state index contributed by atoms with van der Waals surface area (Å²) in [5.74, 6) is -0.0779. The minimum atomic E-state index is -0.893. The van der Waals surface area contributed by atoms with Gasteiger partial charge >= 0.3 is 0 Å². The standard InChI is InChI=1S/C7H10N4O2/c1-10-5(12)3-6(13)11(2)7(10)9-4-8/h5,12H,3H2,1-2H3. The Hall–Kier alpha value is -1.61. The molecule has 0 radical (unpaired) electrons. The first kappa shape index (κ1) is 9.48. The molecule has 1 rings (SSSR count). The quantitative estimate of drug-likeness (QED) is 0.484. The van der Waals surface area contributed by atoms with Crippen molar-refractivity contribution in [3.05, 3.63) is 0 Å². The van der Waals surface area contributed by atoms with E-state index in [0.717, 1.165) is 0 Å². The highest BCUT2D eigenvalue weighted by Crippen LogP contribution is 2.11. The lowest BCUT2D eigenvalue weighted by atomic mass is 10.2. The zero-order valence-corrected chi connectivity index (χ0v) is 7.43. The summed E-state index contributed by atoms with van der Waals surface area (Å²) in [4.78, 5) is 17.2. The molecule has 1 unspecified atom stereocenters. The number of nitriles is 1. The Morgan fingerprint density at radius 3 is 2.85 bits per heavy atom. The molecule has 0 saturated carbocycles. The van der Waals surface area contributed by atoms with E-state index in [9.17, 15) is 9.90 Å². The molecule has 1 atom stereocenters. The molecule has 1 N–H and O–H groups in total. The topological polar surface area (TPSA) is 79.9 Å². The number of hydrogen-bond donors (Lipinski definition) is 1. The largest absolute Gasteiger partial charge is 0.373 e. The first-order valence-electron chi connectivity index (χ1n) is 3.72. The van der Waals surface area contributed by atoms with Gasteiger partial charge in [0.15, 0.2) is 0 Å². The number of aliphatic hydroxyl groups is 1. The van der Waals surface area contributed by atoms with Crippen molar-refractivity contribution in [2.45, 2.75) is 12.6 Å². The van der Waals surface area contributed by atoms with Crippen LogP contribution >= 0.6 is 0 Å². The van der Waals surface area contributed by atoms with E-state index in [-0.39, 0.29) is 18.3 Å². The van der Waals surface area contributed by atoms with Crippen LogP contribution in [0.3, 0.4) is 0 Å². The zero-order valence-electron chi connectivity index (χ0n) is 7.43. The second-order valence-electron chi connectivity index (χ2n) is 2.76. The van der Waals surface area contributed by atoms with Crippen LogP contribution in [-0.2, 0) is 4.79 Å². The van der Waals surface area contributed by atoms with Gasteiger partial charge in [-0.1, -0.05) is 0 Å². The van der Waals surface area contributed by atoms with E-state index in [4.69, 9.17) is 5.26 Å². The predicted molar refractivity (Wildman–Crippen MR) is 44.2 cm³/mol. The molecule has 0 spiro atoms. The fraction of sp³-hybridized carbons (Fsp3) is 0.571. The fourth-order valence-corrected chi connectivity index (χ4v) is 1.11. The Morgan fingerprint density at radius 2 is 2.31 bits per heavy atom. The van der Waals surface area contributed by atoms with Crippen LogP contribution in [0.5, 0.6) is 0 Å². The van der Waals surface area contributed by atoms with Crippen molar-refractivity contribution in [1.82, 2.24) is 9.80 Å². The Labute approximate surface area is 75.7 Å². The molecular weight excluding hydrogens is 172 g/mol. The monoisotopic (exact) mass is 182 g/mol. The summed E-state index contributed by atoms with van der Waals surface area (Å²) in [6.07, 6.45) is 0.713. The number of hydrogen-bond acceptors (Lipinski definition) is 4. The third-order valence-electron chi connectivity index (χ3n) is 1.94. The van der Waals surface area contributed by atoms with Crippen molar-refractivity contribution < 1.29 is 9.90 Å². The molecule has 1 aliphatic rings. The van der Waals surface area contributed by atoms with Gasteiger partial charge in [0.05, 0.1) is 6.42 Å². The van der Waals surface area contributed by atoms with Crippen LogP contribution < -0.4 is 0 Å². The maximum atomic E-state index is 11.2. The first-order valence-corrected chi connectivity index (χ1v) is 3.72. The third kappa shape index (κ3) is 1.60. The van der Waals surface area contributed by atoms with Crippen LogP contribution in [-0.4, -0.2) is 47.1 Å². The molecule has 0 aromatic rings. The fourth-order valence-electron chi connectivity index (χ4n) is 1.11. The normalized spacial score (nSPS) is 26.5.